The molecule has 1 aliphatic heterocycles. The quantitative estimate of drug-likeness (QED) is 0.932. The fourth-order valence-corrected chi connectivity index (χ4v) is 2.09. The SMILES string of the molecule is CC(C)N1C=C(c2ccc(C(F)(F)F)cn2)C=C(CN)C1. The lowest BCUT2D eigenvalue weighted by molar-refractivity contribution is -0.137. The van der Waals surface area contributed by atoms with Crippen LogP contribution in [0.2, 0.25) is 0 Å². The van der Waals surface area contributed by atoms with Crippen LogP contribution in [0.1, 0.15) is 25.1 Å². The van der Waals surface area contributed by atoms with Gasteiger partial charge in [0, 0.05) is 37.1 Å². The van der Waals surface area contributed by atoms with Crippen molar-refractivity contribution in [2.75, 3.05) is 13.1 Å². The zero-order valence-electron chi connectivity index (χ0n) is 12.0. The molecule has 2 N–H and O–H groups in total. The summed E-state index contributed by atoms with van der Waals surface area (Å²) < 4.78 is 37.7. The molecular formula is C15H18F3N3. The number of hydrogen-bond acceptors (Lipinski definition) is 3. The maximum Gasteiger partial charge on any atom is 0.417 e. The first-order valence-electron chi connectivity index (χ1n) is 6.72. The molecule has 21 heavy (non-hydrogen) atoms. The molecule has 0 bridgehead atoms. The molecule has 1 aromatic heterocycles. The maximum atomic E-state index is 12.6. The second-order valence-electron chi connectivity index (χ2n) is 5.29. The van der Waals surface area contributed by atoms with Gasteiger partial charge >= 0.3 is 6.18 Å². The summed E-state index contributed by atoms with van der Waals surface area (Å²) in [6.45, 7) is 5.25. The molecule has 0 spiro atoms. The molecule has 0 saturated carbocycles. The van der Waals surface area contributed by atoms with Gasteiger partial charge < -0.3 is 10.6 Å². The summed E-state index contributed by atoms with van der Waals surface area (Å²) in [4.78, 5) is 6.03. The van der Waals surface area contributed by atoms with Crippen LogP contribution >= 0.6 is 0 Å². The lowest BCUT2D eigenvalue weighted by Crippen LogP contribution is -2.31. The lowest BCUT2D eigenvalue weighted by Gasteiger charge is -2.30. The standard InChI is InChI=1S/C15H18F3N3/c1-10(2)21-8-11(6-19)5-12(9-21)14-4-3-13(7-20-14)15(16,17)18/h3-5,7,9-10H,6,8,19H2,1-2H3. The monoisotopic (exact) mass is 297 g/mol. The first kappa shape index (κ1) is 15.6. The highest BCUT2D eigenvalue weighted by atomic mass is 19.4. The highest BCUT2D eigenvalue weighted by Gasteiger charge is 2.30. The fraction of sp³-hybridized carbons (Fsp3) is 0.400. The van der Waals surface area contributed by atoms with Crippen LogP contribution in [-0.2, 0) is 6.18 Å². The Morgan fingerprint density at radius 2 is 2.05 bits per heavy atom. The maximum absolute atomic E-state index is 12.6. The first-order chi connectivity index (χ1) is 9.81. The number of rotatable bonds is 3. The van der Waals surface area contributed by atoms with E-state index in [4.69, 9.17) is 5.73 Å². The van der Waals surface area contributed by atoms with Gasteiger partial charge in [0.05, 0.1) is 11.3 Å². The zero-order valence-corrected chi connectivity index (χ0v) is 12.0. The van der Waals surface area contributed by atoms with Crippen molar-refractivity contribution in [2.24, 2.45) is 5.73 Å². The topological polar surface area (TPSA) is 42.2 Å². The Hall–Kier alpha value is -1.82. The van der Waals surface area contributed by atoms with Crippen molar-refractivity contribution < 1.29 is 13.2 Å². The zero-order chi connectivity index (χ0) is 15.6. The molecule has 2 rings (SSSR count). The molecule has 1 aromatic rings. The number of allylic oxidation sites excluding steroid dienone is 2. The van der Waals surface area contributed by atoms with E-state index in [2.05, 4.69) is 9.88 Å². The number of hydrogen-bond donors (Lipinski definition) is 1. The van der Waals surface area contributed by atoms with Crippen LogP contribution in [0, 0.1) is 0 Å². The summed E-state index contributed by atoms with van der Waals surface area (Å²) in [6.07, 6.45) is 0.309. The summed E-state index contributed by atoms with van der Waals surface area (Å²) >= 11 is 0. The predicted octanol–water partition coefficient (Wildman–Crippen LogP) is 3.05. The normalized spacial score (nSPS) is 16.0. The van der Waals surface area contributed by atoms with E-state index in [0.717, 1.165) is 30.0 Å². The molecule has 0 unspecified atom stereocenters. The smallest absolute Gasteiger partial charge is 0.370 e. The Balaban J connectivity index is 2.33. The summed E-state index contributed by atoms with van der Waals surface area (Å²) in [6, 6.07) is 2.72. The van der Waals surface area contributed by atoms with E-state index in [1.807, 2.05) is 26.1 Å². The molecule has 6 heteroatoms. The van der Waals surface area contributed by atoms with Gasteiger partial charge in [-0.25, -0.2) is 0 Å². The third-order valence-corrected chi connectivity index (χ3v) is 3.36. The predicted molar refractivity (Wildman–Crippen MR) is 76.2 cm³/mol. The Kier molecular flexibility index (Phi) is 4.37. The van der Waals surface area contributed by atoms with Crippen LogP contribution in [0.25, 0.3) is 5.57 Å². The number of alkyl halides is 3. The van der Waals surface area contributed by atoms with E-state index >= 15 is 0 Å². The highest BCUT2D eigenvalue weighted by molar-refractivity contribution is 5.73. The van der Waals surface area contributed by atoms with Crippen molar-refractivity contribution >= 4 is 5.57 Å². The molecule has 2 heterocycles. The Morgan fingerprint density at radius 3 is 2.52 bits per heavy atom. The van der Waals surface area contributed by atoms with Gasteiger partial charge in [-0.1, -0.05) is 0 Å². The van der Waals surface area contributed by atoms with Gasteiger partial charge in [-0.3, -0.25) is 4.98 Å². The molecule has 0 fully saturated rings. The number of nitrogens with zero attached hydrogens (tertiary/aromatic N) is 2. The second kappa shape index (κ2) is 5.89. The van der Waals surface area contributed by atoms with Gasteiger partial charge in [-0.2, -0.15) is 13.2 Å². The van der Waals surface area contributed by atoms with Crippen LogP contribution in [0.4, 0.5) is 13.2 Å². The van der Waals surface area contributed by atoms with Crippen molar-refractivity contribution in [3.63, 3.8) is 0 Å². The van der Waals surface area contributed by atoms with E-state index < -0.39 is 11.7 Å². The third-order valence-electron chi connectivity index (χ3n) is 3.36. The van der Waals surface area contributed by atoms with Crippen LogP contribution in [-0.4, -0.2) is 29.0 Å². The summed E-state index contributed by atoms with van der Waals surface area (Å²) in [5, 5.41) is 0. The Morgan fingerprint density at radius 1 is 1.33 bits per heavy atom. The Bertz CT molecular complexity index is 557. The molecule has 0 aliphatic carbocycles. The third kappa shape index (κ3) is 3.64. The highest BCUT2D eigenvalue weighted by Crippen LogP contribution is 2.30. The molecule has 0 aromatic carbocycles. The van der Waals surface area contributed by atoms with E-state index in [-0.39, 0.29) is 6.04 Å². The molecule has 1 aliphatic rings. The lowest BCUT2D eigenvalue weighted by atomic mass is 10.0. The van der Waals surface area contributed by atoms with Crippen molar-refractivity contribution in [1.29, 1.82) is 0 Å². The minimum Gasteiger partial charge on any atom is -0.370 e. The van der Waals surface area contributed by atoms with E-state index in [0.29, 0.717) is 12.2 Å². The van der Waals surface area contributed by atoms with Gasteiger partial charge in [0.1, 0.15) is 0 Å². The molecule has 3 nitrogen and oxygen atoms in total. The number of halogens is 3. The summed E-state index contributed by atoms with van der Waals surface area (Å²) in [5.74, 6) is 0. The van der Waals surface area contributed by atoms with Crippen LogP contribution in [0.5, 0.6) is 0 Å². The molecule has 114 valence electrons. The average molecular weight is 297 g/mol. The average Bonchev–Trinajstić information content (AvgIpc) is 2.46. The van der Waals surface area contributed by atoms with Gasteiger partial charge in [0.25, 0.3) is 0 Å². The van der Waals surface area contributed by atoms with Crippen LogP contribution in [0.3, 0.4) is 0 Å². The molecule has 0 radical (unpaired) electrons. The molecule has 0 saturated heterocycles. The van der Waals surface area contributed by atoms with Gasteiger partial charge in [-0.05, 0) is 37.6 Å². The van der Waals surface area contributed by atoms with E-state index in [1.54, 1.807) is 0 Å². The fourth-order valence-electron chi connectivity index (χ4n) is 2.09. The van der Waals surface area contributed by atoms with Crippen molar-refractivity contribution in [2.45, 2.75) is 26.1 Å². The second-order valence-corrected chi connectivity index (χ2v) is 5.29. The van der Waals surface area contributed by atoms with Crippen molar-refractivity contribution in [3.8, 4) is 0 Å². The molecule has 0 amide bonds. The minimum atomic E-state index is -4.37. The van der Waals surface area contributed by atoms with Gasteiger partial charge in [0.2, 0.25) is 0 Å². The van der Waals surface area contributed by atoms with E-state index in [1.165, 1.54) is 6.07 Å². The van der Waals surface area contributed by atoms with Crippen LogP contribution < -0.4 is 5.73 Å². The van der Waals surface area contributed by atoms with Gasteiger partial charge in [0.15, 0.2) is 0 Å². The number of pyridine rings is 1. The van der Waals surface area contributed by atoms with Crippen molar-refractivity contribution in [1.82, 2.24) is 9.88 Å². The van der Waals surface area contributed by atoms with E-state index in [9.17, 15) is 13.2 Å². The summed E-state index contributed by atoms with van der Waals surface area (Å²) in [5.41, 5.74) is 7.28. The molecular weight excluding hydrogens is 279 g/mol. The first-order valence-corrected chi connectivity index (χ1v) is 6.72. The minimum absolute atomic E-state index is 0.282. The number of nitrogens with two attached hydrogens (primary N) is 1. The summed E-state index contributed by atoms with van der Waals surface area (Å²) in [7, 11) is 0. The largest absolute Gasteiger partial charge is 0.417 e. The molecule has 0 atom stereocenters. The Labute approximate surface area is 122 Å². The van der Waals surface area contributed by atoms with Crippen molar-refractivity contribution in [3.05, 3.63) is 47.4 Å². The van der Waals surface area contributed by atoms with Gasteiger partial charge in [-0.15, -0.1) is 0 Å². The number of aromatic nitrogens is 1. The van der Waals surface area contributed by atoms with Crippen LogP contribution in [0.15, 0.2) is 36.2 Å².